The van der Waals surface area contributed by atoms with Crippen LogP contribution in [0.25, 0.3) is 0 Å². The Bertz CT molecular complexity index is 978. The number of ether oxygens (including phenoxy) is 1. The smallest absolute Gasteiger partial charge is 0.253 e. The maximum Gasteiger partial charge on any atom is 0.253 e. The van der Waals surface area contributed by atoms with Crippen molar-refractivity contribution in [1.82, 2.24) is 15.5 Å². The lowest BCUT2D eigenvalue weighted by molar-refractivity contribution is 0.0693. The average molecular weight is 449 g/mol. The SMILES string of the molecule is CCNC(=NCc1ccc(C(=O)N2CCCCC2)cc1)NC1CC(C)(C)Oc2ccccc21. The van der Waals surface area contributed by atoms with Gasteiger partial charge < -0.3 is 20.3 Å². The first-order valence-corrected chi connectivity index (χ1v) is 12.2. The molecule has 4 rings (SSSR count). The van der Waals surface area contributed by atoms with Gasteiger partial charge in [0.15, 0.2) is 5.96 Å². The number of piperidine rings is 1. The number of carbonyl (C=O) groups is 1. The van der Waals surface area contributed by atoms with Crippen LogP contribution in [0.3, 0.4) is 0 Å². The van der Waals surface area contributed by atoms with Gasteiger partial charge in [0.25, 0.3) is 5.91 Å². The van der Waals surface area contributed by atoms with E-state index >= 15 is 0 Å². The van der Waals surface area contributed by atoms with Crippen molar-refractivity contribution < 1.29 is 9.53 Å². The number of aliphatic imine (C=N–C) groups is 1. The molecule has 6 heteroatoms. The highest BCUT2D eigenvalue weighted by atomic mass is 16.5. The molecule has 6 nitrogen and oxygen atoms in total. The first-order chi connectivity index (χ1) is 15.9. The topological polar surface area (TPSA) is 66.0 Å². The summed E-state index contributed by atoms with van der Waals surface area (Å²) in [6.45, 7) is 9.37. The number of fused-ring (bicyclic) bond motifs is 1. The zero-order chi connectivity index (χ0) is 23.3. The summed E-state index contributed by atoms with van der Waals surface area (Å²) < 4.78 is 6.16. The van der Waals surface area contributed by atoms with Crippen LogP contribution in [0.5, 0.6) is 5.75 Å². The zero-order valence-corrected chi connectivity index (χ0v) is 20.1. The van der Waals surface area contributed by atoms with Crippen LogP contribution in [0.15, 0.2) is 53.5 Å². The Morgan fingerprint density at radius 1 is 1.09 bits per heavy atom. The lowest BCUT2D eigenvalue weighted by Crippen LogP contribution is -2.45. The van der Waals surface area contributed by atoms with Crippen molar-refractivity contribution in [3.05, 3.63) is 65.2 Å². The van der Waals surface area contributed by atoms with Crippen LogP contribution in [0.2, 0.25) is 0 Å². The largest absolute Gasteiger partial charge is 0.487 e. The van der Waals surface area contributed by atoms with E-state index in [-0.39, 0.29) is 17.6 Å². The normalized spacial score (nSPS) is 19.9. The molecule has 0 aromatic heterocycles. The number of para-hydroxylation sites is 1. The number of hydrogen-bond donors (Lipinski definition) is 2. The molecule has 2 aliphatic heterocycles. The summed E-state index contributed by atoms with van der Waals surface area (Å²) in [7, 11) is 0. The molecule has 2 N–H and O–H groups in total. The fraction of sp³-hybridized carbons (Fsp3) is 0.481. The maximum atomic E-state index is 12.7. The van der Waals surface area contributed by atoms with Gasteiger partial charge in [0.1, 0.15) is 11.4 Å². The van der Waals surface area contributed by atoms with Crippen LogP contribution in [0.1, 0.15) is 74.0 Å². The highest BCUT2D eigenvalue weighted by Gasteiger charge is 2.34. The summed E-state index contributed by atoms with van der Waals surface area (Å²) >= 11 is 0. The number of likely N-dealkylation sites (tertiary alicyclic amines) is 1. The van der Waals surface area contributed by atoms with E-state index in [0.717, 1.165) is 67.3 Å². The van der Waals surface area contributed by atoms with Gasteiger partial charge in [-0.3, -0.25) is 4.79 Å². The molecular weight excluding hydrogens is 412 g/mol. The van der Waals surface area contributed by atoms with Crippen molar-refractivity contribution in [3.8, 4) is 5.75 Å². The second-order valence-electron chi connectivity index (χ2n) is 9.55. The number of carbonyl (C=O) groups excluding carboxylic acids is 1. The molecule has 1 unspecified atom stereocenters. The Balaban J connectivity index is 1.44. The number of benzene rings is 2. The Morgan fingerprint density at radius 2 is 1.82 bits per heavy atom. The van der Waals surface area contributed by atoms with Crippen LogP contribution < -0.4 is 15.4 Å². The number of nitrogens with one attached hydrogen (secondary N) is 2. The highest BCUT2D eigenvalue weighted by Crippen LogP contribution is 2.39. The molecule has 1 fully saturated rings. The van der Waals surface area contributed by atoms with E-state index < -0.39 is 0 Å². The third kappa shape index (κ3) is 5.86. The van der Waals surface area contributed by atoms with Crippen LogP contribution in [-0.4, -0.2) is 42.0 Å². The van der Waals surface area contributed by atoms with Gasteiger partial charge in [0, 0.05) is 37.2 Å². The molecule has 33 heavy (non-hydrogen) atoms. The molecule has 0 spiro atoms. The van der Waals surface area contributed by atoms with Crippen molar-refractivity contribution in [1.29, 1.82) is 0 Å². The number of nitrogens with zero attached hydrogens (tertiary/aromatic N) is 2. The molecule has 1 saturated heterocycles. The predicted octanol–water partition coefficient (Wildman–Crippen LogP) is 4.67. The van der Waals surface area contributed by atoms with Gasteiger partial charge in [-0.1, -0.05) is 30.3 Å². The Labute approximate surface area is 197 Å². The highest BCUT2D eigenvalue weighted by molar-refractivity contribution is 5.94. The van der Waals surface area contributed by atoms with Crippen LogP contribution >= 0.6 is 0 Å². The van der Waals surface area contributed by atoms with E-state index in [1.54, 1.807) is 0 Å². The quantitative estimate of drug-likeness (QED) is 0.515. The second kappa shape index (κ2) is 10.3. The van der Waals surface area contributed by atoms with Gasteiger partial charge in [-0.25, -0.2) is 4.99 Å². The van der Waals surface area contributed by atoms with Crippen molar-refractivity contribution in [2.45, 2.75) is 64.6 Å². The number of rotatable bonds is 5. The molecule has 176 valence electrons. The van der Waals surface area contributed by atoms with E-state index in [1.165, 1.54) is 6.42 Å². The minimum Gasteiger partial charge on any atom is -0.487 e. The summed E-state index contributed by atoms with van der Waals surface area (Å²) in [5, 5.41) is 6.98. The molecule has 0 bridgehead atoms. The van der Waals surface area contributed by atoms with Crippen LogP contribution in [-0.2, 0) is 6.54 Å². The van der Waals surface area contributed by atoms with Crippen LogP contribution in [0.4, 0.5) is 0 Å². The number of amides is 1. The molecule has 2 aromatic rings. The molecular formula is C27H36N4O2. The van der Waals surface area contributed by atoms with Crippen LogP contribution in [0, 0.1) is 0 Å². The fourth-order valence-corrected chi connectivity index (χ4v) is 4.62. The molecule has 0 radical (unpaired) electrons. The molecule has 0 saturated carbocycles. The van der Waals surface area contributed by atoms with E-state index in [9.17, 15) is 4.79 Å². The summed E-state index contributed by atoms with van der Waals surface area (Å²) in [4.78, 5) is 19.5. The third-order valence-electron chi connectivity index (χ3n) is 6.30. The molecule has 1 atom stereocenters. The van der Waals surface area contributed by atoms with Gasteiger partial charge in [-0.15, -0.1) is 0 Å². The average Bonchev–Trinajstić information content (AvgIpc) is 2.82. The van der Waals surface area contributed by atoms with Gasteiger partial charge >= 0.3 is 0 Å². The molecule has 2 heterocycles. The summed E-state index contributed by atoms with van der Waals surface area (Å²) in [5.74, 6) is 1.85. The number of hydrogen-bond acceptors (Lipinski definition) is 3. The van der Waals surface area contributed by atoms with Crippen molar-refractivity contribution in [2.75, 3.05) is 19.6 Å². The molecule has 1 amide bonds. The Kier molecular flexibility index (Phi) is 7.21. The molecule has 2 aliphatic rings. The maximum absolute atomic E-state index is 12.7. The predicted molar refractivity (Wildman–Crippen MR) is 133 cm³/mol. The van der Waals surface area contributed by atoms with Gasteiger partial charge in [0.05, 0.1) is 12.6 Å². The minimum atomic E-state index is -0.250. The molecule has 2 aromatic carbocycles. The van der Waals surface area contributed by atoms with E-state index in [4.69, 9.17) is 9.73 Å². The van der Waals surface area contributed by atoms with Crippen molar-refractivity contribution >= 4 is 11.9 Å². The van der Waals surface area contributed by atoms with Crippen molar-refractivity contribution in [3.63, 3.8) is 0 Å². The van der Waals surface area contributed by atoms with Gasteiger partial charge in [-0.2, -0.15) is 0 Å². The zero-order valence-electron chi connectivity index (χ0n) is 20.1. The number of guanidine groups is 1. The van der Waals surface area contributed by atoms with E-state index in [2.05, 4.69) is 37.5 Å². The lowest BCUT2D eigenvalue weighted by Gasteiger charge is -2.38. The third-order valence-corrected chi connectivity index (χ3v) is 6.30. The van der Waals surface area contributed by atoms with E-state index in [0.29, 0.717) is 6.54 Å². The van der Waals surface area contributed by atoms with Gasteiger partial charge in [0.2, 0.25) is 0 Å². The summed E-state index contributed by atoms with van der Waals surface area (Å²) in [6, 6.07) is 16.2. The monoisotopic (exact) mass is 448 g/mol. The van der Waals surface area contributed by atoms with Crippen molar-refractivity contribution in [2.24, 2.45) is 4.99 Å². The van der Waals surface area contributed by atoms with Gasteiger partial charge in [-0.05, 0) is 63.8 Å². The summed E-state index contributed by atoms with van der Waals surface area (Å²) in [6.07, 6.45) is 4.28. The molecule has 0 aliphatic carbocycles. The second-order valence-corrected chi connectivity index (χ2v) is 9.55. The Hall–Kier alpha value is -3.02. The van der Waals surface area contributed by atoms with E-state index in [1.807, 2.05) is 47.4 Å². The lowest BCUT2D eigenvalue weighted by atomic mass is 9.90. The first-order valence-electron chi connectivity index (χ1n) is 12.2. The minimum absolute atomic E-state index is 0.118. The fourth-order valence-electron chi connectivity index (χ4n) is 4.62. The first kappa shape index (κ1) is 23.1. The summed E-state index contributed by atoms with van der Waals surface area (Å²) in [5.41, 5.74) is 2.74. The Morgan fingerprint density at radius 3 is 2.55 bits per heavy atom. The standard InChI is InChI=1S/C27H36N4O2/c1-4-28-26(30-23-18-27(2,3)33-24-11-7-6-10-22(23)24)29-19-20-12-14-21(15-13-20)25(32)31-16-8-5-9-17-31/h6-7,10-15,23H,4-5,8-9,16-19H2,1-3H3,(H2,28,29,30).